The molecule has 4 nitrogen and oxygen atoms in total. The van der Waals surface area contributed by atoms with Crippen molar-refractivity contribution in [2.24, 2.45) is 0 Å². The zero-order chi connectivity index (χ0) is 11.2. The quantitative estimate of drug-likeness (QED) is 0.669. The molecule has 0 aromatic heterocycles. The molecule has 0 saturated heterocycles. The van der Waals surface area contributed by atoms with E-state index in [1.54, 1.807) is 0 Å². The van der Waals surface area contributed by atoms with E-state index < -0.39 is 20.6 Å². The molecule has 0 bridgehead atoms. The maximum atomic E-state index is 11.3. The molecule has 1 atom stereocenters. The van der Waals surface area contributed by atoms with Gasteiger partial charge in [-0.05, 0) is 0 Å². The van der Waals surface area contributed by atoms with Crippen LogP contribution in [0.25, 0.3) is 0 Å². The van der Waals surface area contributed by atoms with Gasteiger partial charge in [0, 0.05) is 41.1 Å². The Kier molecular flexibility index (Phi) is 6.55. The standard InChI is InChI=1S/C8H19NO3S2/c1-8(2)9-4-5-13(10)6-7-14(3,11)12/h8-9H,4-7H2,1-3H3. The molecule has 0 saturated carbocycles. The van der Waals surface area contributed by atoms with Gasteiger partial charge in [-0.15, -0.1) is 0 Å². The third kappa shape index (κ3) is 10.1. The Bertz CT molecular complexity index is 272. The number of hydrogen-bond donors (Lipinski definition) is 1. The van der Waals surface area contributed by atoms with Crippen LogP contribution in [0.5, 0.6) is 0 Å². The molecule has 0 aromatic carbocycles. The van der Waals surface area contributed by atoms with Crippen LogP contribution < -0.4 is 5.32 Å². The molecule has 14 heavy (non-hydrogen) atoms. The van der Waals surface area contributed by atoms with E-state index in [1.165, 1.54) is 0 Å². The normalized spacial score (nSPS) is 14.6. The predicted molar refractivity (Wildman–Crippen MR) is 60.7 cm³/mol. The highest BCUT2D eigenvalue weighted by Crippen LogP contribution is 1.88. The van der Waals surface area contributed by atoms with Crippen LogP contribution in [0.4, 0.5) is 0 Å². The maximum Gasteiger partial charge on any atom is 0.148 e. The Labute approximate surface area is 88.8 Å². The van der Waals surface area contributed by atoms with Crippen molar-refractivity contribution in [2.75, 3.05) is 30.1 Å². The molecule has 0 aliphatic heterocycles. The minimum absolute atomic E-state index is 0.0152. The second kappa shape index (κ2) is 6.53. The lowest BCUT2D eigenvalue weighted by Crippen LogP contribution is -2.28. The number of sulfone groups is 1. The van der Waals surface area contributed by atoms with Crippen LogP contribution in [0, 0.1) is 0 Å². The van der Waals surface area contributed by atoms with Crippen LogP contribution in [-0.2, 0) is 20.6 Å². The van der Waals surface area contributed by atoms with E-state index >= 15 is 0 Å². The van der Waals surface area contributed by atoms with Gasteiger partial charge < -0.3 is 5.32 Å². The highest BCUT2D eigenvalue weighted by Gasteiger charge is 2.06. The molecular weight excluding hydrogens is 222 g/mol. The van der Waals surface area contributed by atoms with Crippen molar-refractivity contribution in [3.63, 3.8) is 0 Å². The Morgan fingerprint density at radius 3 is 2.29 bits per heavy atom. The predicted octanol–water partition coefficient (Wildman–Crippen LogP) is -0.222. The first kappa shape index (κ1) is 14.1. The van der Waals surface area contributed by atoms with Gasteiger partial charge in [-0.1, -0.05) is 13.8 Å². The van der Waals surface area contributed by atoms with E-state index in [1.807, 2.05) is 13.8 Å². The van der Waals surface area contributed by atoms with Crippen molar-refractivity contribution in [3.8, 4) is 0 Å². The molecule has 86 valence electrons. The second-order valence-corrected chi connectivity index (χ2v) is 7.54. The zero-order valence-electron chi connectivity index (χ0n) is 8.95. The first-order valence-corrected chi connectivity index (χ1v) is 8.12. The molecule has 0 rings (SSSR count). The molecule has 6 heteroatoms. The van der Waals surface area contributed by atoms with Gasteiger partial charge in [-0.3, -0.25) is 4.21 Å². The van der Waals surface area contributed by atoms with Gasteiger partial charge in [0.2, 0.25) is 0 Å². The molecule has 0 spiro atoms. The molecule has 0 amide bonds. The molecule has 0 fully saturated rings. The number of rotatable bonds is 7. The van der Waals surface area contributed by atoms with Crippen molar-refractivity contribution < 1.29 is 12.6 Å². The summed E-state index contributed by atoms with van der Waals surface area (Å²) < 4.78 is 32.8. The summed E-state index contributed by atoms with van der Waals surface area (Å²) in [5.41, 5.74) is 0. The van der Waals surface area contributed by atoms with Crippen LogP contribution in [-0.4, -0.2) is 48.7 Å². The van der Waals surface area contributed by atoms with E-state index in [4.69, 9.17) is 0 Å². The van der Waals surface area contributed by atoms with Gasteiger partial charge in [-0.2, -0.15) is 0 Å². The van der Waals surface area contributed by atoms with Gasteiger partial charge in [0.05, 0.1) is 5.75 Å². The SMILES string of the molecule is CC(C)NCCS(=O)CCS(C)(=O)=O. The van der Waals surface area contributed by atoms with Gasteiger partial charge in [-0.25, -0.2) is 8.42 Å². The lowest BCUT2D eigenvalue weighted by molar-refractivity contribution is 0.601. The lowest BCUT2D eigenvalue weighted by Gasteiger charge is -2.07. The van der Waals surface area contributed by atoms with Crippen LogP contribution in [0.15, 0.2) is 0 Å². The third-order valence-corrected chi connectivity index (χ3v) is 4.09. The Balaban J connectivity index is 3.57. The van der Waals surface area contributed by atoms with E-state index in [9.17, 15) is 12.6 Å². The van der Waals surface area contributed by atoms with E-state index in [-0.39, 0.29) is 11.5 Å². The number of hydrogen-bond acceptors (Lipinski definition) is 4. The summed E-state index contributed by atoms with van der Waals surface area (Å²) in [5, 5.41) is 3.13. The molecule has 1 N–H and O–H groups in total. The topological polar surface area (TPSA) is 63.2 Å². The van der Waals surface area contributed by atoms with Gasteiger partial charge >= 0.3 is 0 Å². The number of nitrogens with one attached hydrogen (secondary N) is 1. The fraction of sp³-hybridized carbons (Fsp3) is 1.00. The first-order valence-electron chi connectivity index (χ1n) is 4.57. The van der Waals surface area contributed by atoms with Gasteiger partial charge in [0.1, 0.15) is 9.84 Å². The fourth-order valence-electron chi connectivity index (χ4n) is 0.808. The summed E-state index contributed by atoms with van der Waals surface area (Å²) in [6.45, 7) is 4.70. The van der Waals surface area contributed by atoms with Gasteiger partial charge in [0.15, 0.2) is 0 Å². The molecule has 0 aliphatic rings. The van der Waals surface area contributed by atoms with Crippen LogP contribution in [0.2, 0.25) is 0 Å². The lowest BCUT2D eigenvalue weighted by atomic mass is 10.4. The largest absolute Gasteiger partial charge is 0.314 e. The average Bonchev–Trinajstić information content (AvgIpc) is 1.99. The Hall–Kier alpha value is 0.0600. The summed E-state index contributed by atoms with van der Waals surface area (Å²) in [6.07, 6.45) is 1.16. The Morgan fingerprint density at radius 2 is 1.86 bits per heavy atom. The first-order chi connectivity index (χ1) is 6.31. The Morgan fingerprint density at radius 1 is 1.29 bits per heavy atom. The van der Waals surface area contributed by atoms with Crippen molar-refractivity contribution in [1.82, 2.24) is 5.32 Å². The summed E-state index contributed by atoms with van der Waals surface area (Å²) >= 11 is 0. The average molecular weight is 241 g/mol. The smallest absolute Gasteiger partial charge is 0.148 e. The highest BCUT2D eigenvalue weighted by molar-refractivity contribution is 7.92. The highest BCUT2D eigenvalue weighted by atomic mass is 32.2. The van der Waals surface area contributed by atoms with Crippen molar-refractivity contribution in [2.45, 2.75) is 19.9 Å². The summed E-state index contributed by atoms with van der Waals surface area (Å²) in [7, 11) is -4.00. The second-order valence-electron chi connectivity index (χ2n) is 3.59. The summed E-state index contributed by atoms with van der Waals surface area (Å²) in [6, 6.07) is 0.377. The van der Waals surface area contributed by atoms with Crippen LogP contribution >= 0.6 is 0 Å². The molecule has 1 unspecified atom stereocenters. The summed E-state index contributed by atoms with van der Waals surface area (Å²) in [4.78, 5) is 0. The van der Waals surface area contributed by atoms with Crippen LogP contribution in [0.1, 0.15) is 13.8 Å². The molecule has 0 radical (unpaired) electrons. The molecule has 0 heterocycles. The minimum atomic E-state index is -2.97. The minimum Gasteiger partial charge on any atom is -0.314 e. The molecular formula is C8H19NO3S2. The summed E-state index contributed by atoms with van der Waals surface area (Å²) in [5.74, 6) is 0.785. The molecule has 0 aliphatic carbocycles. The van der Waals surface area contributed by atoms with Crippen molar-refractivity contribution >= 4 is 20.6 Å². The van der Waals surface area contributed by atoms with E-state index in [2.05, 4.69) is 5.32 Å². The van der Waals surface area contributed by atoms with E-state index in [0.717, 1.165) is 6.26 Å². The zero-order valence-corrected chi connectivity index (χ0v) is 10.6. The van der Waals surface area contributed by atoms with Crippen molar-refractivity contribution in [1.29, 1.82) is 0 Å². The fourth-order valence-corrected chi connectivity index (χ4v) is 3.31. The van der Waals surface area contributed by atoms with Crippen molar-refractivity contribution in [3.05, 3.63) is 0 Å². The monoisotopic (exact) mass is 241 g/mol. The van der Waals surface area contributed by atoms with Gasteiger partial charge in [0.25, 0.3) is 0 Å². The molecule has 0 aromatic rings. The van der Waals surface area contributed by atoms with E-state index in [0.29, 0.717) is 18.3 Å². The van der Waals surface area contributed by atoms with Crippen LogP contribution in [0.3, 0.4) is 0 Å². The third-order valence-electron chi connectivity index (χ3n) is 1.56. The maximum absolute atomic E-state index is 11.3.